The van der Waals surface area contributed by atoms with Crippen LogP contribution in [0.5, 0.6) is 11.5 Å². The van der Waals surface area contributed by atoms with Crippen LogP contribution in [0.3, 0.4) is 0 Å². The molecule has 6 nitrogen and oxygen atoms in total. The Balaban J connectivity index is 1.96. The topological polar surface area (TPSA) is 65.1 Å². The molecule has 0 aliphatic carbocycles. The third-order valence-corrected chi connectivity index (χ3v) is 5.05. The Morgan fingerprint density at radius 1 is 1.25 bits per heavy atom. The molecule has 0 bridgehead atoms. The summed E-state index contributed by atoms with van der Waals surface area (Å²) in [7, 11) is 1.52. The van der Waals surface area contributed by atoms with E-state index in [4.69, 9.17) is 25.8 Å². The zero-order valence-corrected chi connectivity index (χ0v) is 17.6. The Hall–Kier alpha value is -2.21. The molecule has 1 saturated heterocycles. The van der Waals surface area contributed by atoms with Crippen LogP contribution in [0.4, 0.5) is 0 Å². The van der Waals surface area contributed by atoms with E-state index >= 15 is 0 Å². The number of likely N-dealkylation sites (tertiary alicyclic amines) is 1. The predicted molar refractivity (Wildman–Crippen MR) is 109 cm³/mol. The molecule has 0 unspecified atom stereocenters. The van der Waals surface area contributed by atoms with Crippen molar-refractivity contribution in [3.63, 3.8) is 0 Å². The lowest BCUT2D eigenvalue weighted by molar-refractivity contribution is -0.151. The molecule has 1 heterocycles. The van der Waals surface area contributed by atoms with E-state index in [1.807, 2.05) is 25.7 Å². The first-order chi connectivity index (χ1) is 13.4. The number of carbonyl (C=O) groups excluding carboxylic acids is 2. The quantitative estimate of drug-likeness (QED) is 0.501. The van der Waals surface area contributed by atoms with Gasteiger partial charge < -0.3 is 19.1 Å². The highest BCUT2D eigenvalue weighted by Gasteiger charge is 2.29. The fraction of sp³-hybridized carbons (Fsp3) is 0.524. The first-order valence-electron chi connectivity index (χ1n) is 9.53. The maximum Gasteiger partial charge on any atom is 0.331 e. The van der Waals surface area contributed by atoms with Gasteiger partial charge in [-0.1, -0.05) is 11.6 Å². The number of piperidine rings is 1. The summed E-state index contributed by atoms with van der Waals surface area (Å²) in [5, 5.41) is 0.387. The van der Waals surface area contributed by atoms with E-state index < -0.39 is 5.97 Å². The van der Waals surface area contributed by atoms with Crippen molar-refractivity contribution < 1.29 is 23.8 Å². The van der Waals surface area contributed by atoms with E-state index in [0.717, 1.165) is 19.3 Å². The smallest absolute Gasteiger partial charge is 0.331 e. The highest BCUT2D eigenvalue weighted by molar-refractivity contribution is 6.32. The van der Waals surface area contributed by atoms with E-state index in [-0.39, 0.29) is 24.6 Å². The average molecular weight is 410 g/mol. The number of hydrogen-bond donors (Lipinski definition) is 0. The monoisotopic (exact) mass is 409 g/mol. The summed E-state index contributed by atoms with van der Waals surface area (Å²) in [6.45, 7) is 6.11. The summed E-state index contributed by atoms with van der Waals surface area (Å²) in [6, 6.07) is 3.72. The molecule has 0 N–H and O–H groups in total. The number of amides is 1. The van der Waals surface area contributed by atoms with E-state index in [1.165, 1.54) is 13.2 Å². The minimum Gasteiger partial charge on any atom is -0.493 e. The minimum absolute atomic E-state index is 0.160. The highest BCUT2D eigenvalue weighted by atomic mass is 35.5. The van der Waals surface area contributed by atoms with Crippen LogP contribution < -0.4 is 9.47 Å². The second-order valence-electron chi connectivity index (χ2n) is 6.84. The number of benzene rings is 1. The van der Waals surface area contributed by atoms with Crippen molar-refractivity contribution in [1.82, 2.24) is 4.90 Å². The van der Waals surface area contributed by atoms with Gasteiger partial charge in [0.2, 0.25) is 0 Å². The number of carbonyl (C=O) groups is 2. The number of nitrogens with zero attached hydrogens (tertiary/aromatic N) is 1. The van der Waals surface area contributed by atoms with E-state index in [1.54, 1.807) is 18.2 Å². The number of esters is 1. The predicted octanol–water partition coefficient (Wildman–Crippen LogP) is 4.09. The summed E-state index contributed by atoms with van der Waals surface area (Å²) in [5.41, 5.74) is 0.659. The van der Waals surface area contributed by atoms with Crippen LogP contribution >= 0.6 is 11.6 Å². The van der Waals surface area contributed by atoms with Gasteiger partial charge in [0.1, 0.15) is 0 Å². The van der Waals surface area contributed by atoms with Crippen LogP contribution in [-0.4, -0.2) is 49.2 Å². The molecule has 0 saturated carbocycles. The molecule has 0 spiro atoms. The van der Waals surface area contributed by atoms with E-state index in [9.17, 15) is 9.59 Å². The van der Waals surface area contributed by atoms with Crippen LogP contribution in [0.15, 0.2) is 18.2 Å². The molecule has 7 heteroatoms. The van der Waals surface area contributed by atoms with Crippen molar-refractivity contribution >= 4 is 29.6 Å². The van der Waals surface area contributed by atoms with Crippen LogP contribution in [-0.2, 0) is 14.3 Å². The van der Waals surface area contributed by atoms with E-state index in [2.05, 4.69) is 0 Å². The molecule has 1 aromatic rings. The normalized spacial score (nSPS) is 19.5. The van der Waals surface area contributed by atoms with Crippen LogP contribution in [0.25, 0.3) is 6.08 Å². The molecular formula is C21H28ClNO5. The summed E-state index contributed by atoms with van der Waals surface area (Å²) in [6.07, 6.45) is 5.89. The number of ether oxygens (including phenoxy) is 3. The molecule has 0 aromatic heterocycles. The molecule has 0 radical (unpaired) electrons. The third kappa shape index (κ3) is 5.64. The van der Waals surface area contributed by atoms with Gasteiger partial charge in [0, 0.05) is 18.2 Å². The second kappa shape index (κ2) is 10.4. The van der Waals surface area contributed by atoms with Crippen molar-refractivity contribution in [2.24, 2.45) is 0 Å². The third-order valence-electron chi connectivity index (χ3n) is 4.77. The molecule has 1 aliphatic heterocycles. The van der Waals surface area contributed by atoms with Gasteiger partial charge in [0.25, 0.3) is 5.91 Å². The fourth-order valence-corrected chi connectivity index (χ4v) is 3.73. The van der Waals surface area contributed by atoms with Crippen LogP contribution in [0.2, 0.25) is 5.02 Å². The van der Waals surface area contributed by atoms with Gasteiger partial charge in [-0.3, -0.25) is 4.79 Å². The number of halogens is 1. The van der Waals surface area contributed by atoms with Crippen molar-refractivity contribution in [2.75, 3.05) is 20.3 Å². The standard InChI is InChI=1S/C21H28ClNO5/c1-5-27-21-17(22)11-16(12-18(21)26-4)9-10-20(25)28-13-19(24)23-14(2)7-6-8-15(23)3/h9-12,14-15H,5-8,13H2,1-4H3/b10-9+/t14-,15-/m1/s1. The maximum absolute atomic E-state index is 12.4. The Morgan fingerprint density at radius 2 is 1.93 bits per heavy atom. The first kappa shape index (κ1) is 22.1. The SMILES string of the molecule is CCOc1c(Cl)cc(/C=C/C(=O)OCC(=O)N2[C@H](C)CCC[C@H]2C)cc1OC. The van der Waals surface area contributed by atoms with Crippen molar-refractivity contribution in [3.05, 3.63) is 28.8 Å². The molecule has 2 rings (SSSR count). The lowest BCUT2D eigenvalue weighted by Crippen LogP contribution is -2.49. The number of hydrogen-bond acceptors (Lipinski definition) is 5. The molecule has 28 heavy (non-hydrogen) atoms. The molecule has 1 aliphatic rings. The minimum atomic E-state index is -0.588. The van der Waals surface area contributed by atoms with Gasteiger partial charge in [-0.2, -0.15) is 0 Å². The molecule has 1 aromatic carbocycles. The van der Waals surface area contributed by atoms with E-state index in [0.29, 0.717) is 28.7 Å². The zero-order chi connectivity index (χ0) is 20.7. The van der Waals surface area contributed by atoms with Crippen molar-refractivity contribution in [3.8, 4) is 11.5 Å². The Kier molecular flexibility index (Phi) is 8.18. The lowest BCUT2D eigenvalue weighted by Gasteiger charge is -2.38. The summed E-state index contributed by atoms with van der Waals surface area (Å²) >= 11 is 6.22. The lowest BCUT2D eigenvalue weighted by atomic mass is 9.97. The number of rotatable bonds is 7. The Labute approximate surface area is 171 Å². The van der Waals surface area contributed by atoms with Crippen LogP contribution in [0, 0.1) is 0 Å². The van der Waals surface area contributed by atoms with Crippen LogP contribution in [0.1, 0.15) is 45.6 Å². The molecule has 2 atom stereocenters. The van der Waals surface area contributed by atoms with Crippen molar-refractivity contribution in [1.29, 1.82) is 0 Å². The van der Waals surface area contributed by atoms with Gasteiger partial charge >= 0.3 is 5.97 Å². The van der Waals surface area contributed by atoms with Crippen molar-refractivity contribution in [2.45, 2.75) is 52.1 Å². The van der Waals surface area contributed by atoms with Gasteiger partial charge in [0.15, 0.2) is 18.1 Å². The van der Waals surface area contributed by atoms with Gasteiger partial charge in [0.05, 0.1) is 18.7 Å². The molecule has 1 fully saturated rings. The molecular weight excluding hydrogens is 382 g/mol. The summed E-state index contributed by atoms with van der Waals surface area (Å²) < 4.78 is 15.9. The summed E-state index contributed by atoms with van der Waals surface area (Å²) in [4.78, 5) is 26.2. The Morgan fingerprint density at radius 3 is 2.54 bits per heavy atom. The largest absolute Gasteiger partial charge is 0.493 e. The Bertz CT molecular complexity index is 724. The average Bonchev–Trinajstić information content (AvgIpc) is 2.66. The summed E-state index contributed by atoms with van der Waals surface area (Å²) in [5.74, 6) is 0.189. The van der Waals surface area contributed by atoms with Gasteiger partial charge in [-0.25, -0.2) is 4.79 Å². The highest BCUT2D eigenvalue weighted by Crippen LogP contribution is 2.36. The molecule has 154 valence electrons. The second-order valence-corrected chi connectivity index (χ2v) is 7.25. The maximum atomic E-state index is 12.4. The number of methoxy groups -OCH3 is 1. The fourth-order valence-electron chi connectivity index (χ4n) is 3.45. The first-order valence-corrected chi connectivity index (χ1v) is 9.91. The molecule has 1 amide bonds. The van der Waals surface area contributed by atoms with Gasteiger partial charge in [-0.15, -0.1) is 0 Å². The van der Waals surface area contributed by atoms with Gasteiger partial charge in [-0.05, 0) is 63.8 Å². The zero-order valence-electron chi connectivity index (χ0n) is 16.9.